The molecule has 0 bridgehead atoms. The lowest BCUT2D eigenvalue weighted by Crippen LogP contribution is -2.24. The van der Waals surface area contributed by atoms with Crippen LogP contribution in [0.2, 0.25) is 5.02 Å². The van der Waals surface area contributed by atoms with Gasteiger partial charge < -0.3 is 15.2 Å². The fraction of sp³-hybridized carbons (Fsp3) is 0.250. The van der Waals surface area contributed by atoms with Gasteiger partial charge >= 0.3 is 0 Å². The van der Waals surface area contributed by atoms with E-state index in [2.05, 4.69) is 15.9 Å². The lowest BCUT2D eigenvalue weighted by molar-refractivity contribution is 0.158. The minimum atomic E-state index is -0.138. The Morgan fingerprint density at radius 2 is 2.05 bits per heavy atom. The molecule has 1 aliphatic rings. The van der Waals surface area contributed by atoms with Crippen molar-refractivity contribution in [1.82, 2.24) is 0 Å². The molecule has 0 aliphatic carbocycles. The van der Waals surface area contributed by atoms with Gasteiger partial charge in [0.1, 0.15) is 17.6 Å². The van der Waals surface area contributed by atoms with Crippen molar-refractivity contribution in [3.05, 3.63) is 57.0 Å². The number of hydrogen-bond acceptors (Lipinski definition) is 3. The monoisotopic (exact) mass is 367 g/mol. The first-order valence-corrected chi connectivity index (χ1v) is 7.80. The maximum absolute atomic E-state index is 6.28. The topological polar surface area (TPSA) is 44.5 Å². The second-order valence-corrected chi connectivity index (χ2v) is 6.37. The van der Waals surface area contributed by atoms with Crippen LogP contribution in [0.1, 0.15) is 29.7 Å². The van der Waals surface area contributed by atoms with Gasteiger partial charge in [0, 0.05) is 33.1 Å². The molecule has 0 aromatic heterocycles. The van der Waals surface area contributed by atoms with Crippen LogP contribution in [0.25, 0.3) is 0 Å². The van der Waals surface area contributed by atoms with E-state index in [9.17, 15) is 0 Å². The summed E-state index contributed by atoms with van der Waals surface area (Å²) in [5.41, 5.74) is 8.22. The SMILES string of the molecule is COc1ccc(Br)cc1C1CC(N)c2cc(Cl)ccc2O1. The van der Waals surface area contributed by atoms with E-state index in [0.717, 1.165) is 27.1 Å². The molecule has 0 spiro atoms. The summed E-state index contributed by atoms with van der Waals surface area (Å²) in [6.45, 7) is 0. The van der Waals surface area contributed by atoms with Gasteiger partial charge in [-0.2, -0.15) is 0 Å². The van der Waals surface area contributed by atoms with E-state index < -0.39 is 0 Å². The van der Waals surface area contributed by atoms with E-state index >= 15 is 0 Å². The Balaban J connectivity index is 1.99. The van der Waals surface area contributed by atoms with Gasteiger partial charge in [0.15, 0.2) is 0 Å². The van der Waals surface area contributed by atoms with Crippen LogP contribution in [0, 0.1) is 0 Å². The Labute approximate surface area is 137 Å². The van der Waals surface area contributed by atoms with E-state index in [1.54, 1.807) is 7.11 Å². The summed E-state index contributed by atoms with van der Waals surface area (Å²) >= 11 is 9.52. The van der Waals surface area contributed by atoms with Crippen molar-refractivity contribution in [2.24, 2.45) is 5.73 Å². The zero-order chi connectivity index (χ0) is 15.0. The third-order valence-electron chi connectivity index (χ3n) is 3.65. The van der Waals surface area contributed by atoms with E-state index in [1.807, 2.05) is 36.4 Å². The summed E-state index contributed by atoms with van der Waals surface area (Å²) in [5, 5.41) is 0.672. The molecule has 3 nitrogen and oxygen atoms in total. The van der Waals surface area contributed by atoms with Crippen molar-refractivity contribution in [2.75, 3.05) is 7.11 Å². The fourth-order valence-electron chi connectivity index (χ4n) is 2.62. The van der Waals surface area contributed by atoms with Crippen LogP contribution >= 0.6 is 27.5 Å². The number of ether oxygens (including phenoxy) is 2. The van der Waals surface area contributed by atoms with Gasteiger partial charge in [-0.1, -0.05) is 27.5 Å². The molecule has 1 heterocycles. The summed E-state index contributed by atoms with van der Waals surface area (Å²) in [5.74, 6) is 1.58. The molecular weight excluding hydrogens is 354 g/mol. The van der Waals surface area contributed by atoms with Gasteiger partial charge in [0.2, 0.25) is 0 Å². The van der Waals surface area contributed by atoms with Crippen LogP contribution in [-0.2, 0) is 0 Å². The highest BCUT2D eigenvalue weighted by Crippen LogP contribution is 2.43. The Kier molecular flexibility index (Phi) is 4.11. The number of benzene rings is 2. The number of rotatable bonds is 2. The standard InChI is InChI=1S/C16H15BrClNO2/c1-20-14-4-2-9(17)6-12(14)16-8-13(19)11-7-10(18)3-5-15(11)21-16/h2-7,13,16H,8,19H2,1H3. The van der Waals surface area contributed by atoms with E-state index in [4.69, 9.17) is 26.8 Å². The molecule has 0 radical (unpaired) electrons. The molecular formula is C16H15BrClNO2. The van der Waals surface area contributed by atoms with Crippen molar-refractivity contribution < 1.29 is 9.47 Å². The van der Waals surface area contributed by atoms with Gasteiger partial charge in [0.05, 0.1) is 7.11 Å². The minimum absolute atomic E-state index is 0.110. The van der Waals surface area contributed by atoms with E-state index in [0.29, 0.717) is 11.4 Å². The second-order valence-electron chi connectivity index (χ2n) is 5.02. The molecule has 2 unspecified atom stereocenters. The highest BCUT2D eigenvalue weighted by Gasteiger charge is 2.29. The Morgan fingerprint density at radius 3 is 2.81 bits per heavy atom. The maximum atomic E-state index is 6.28. The predicted molar refractivity (Wildman–Crippen MR) is 87.1 cm³/mol. The molecule has 1 aliphatic heterocycles. The van der Waals surface area contributed by atoms with E-state index in [-0.39, 0.29) is 12.1 Å². The normalized spacial score (nSPS) is 20.6. The minimum Gasteiger partial charge on any atom is -0.496 e. The number of hydrogen-bond donors (Lipinski definition) is 1. The molecule has 0 saturated carbocycles. The number of fused-ring (bicyclic) bond motifs is 1. The van der Waals surface area contributed by atoms with Crippen LogP contribution in [-0.4, -0.2) is 7.11 Å². The zero-order valence-corrected chi connectivity index (χ0v) is 13.8. The molecule has 21 heavy (non-hydrogen) atoms. The molecule has 0 saturated heterocycles. The molecule has 2 aromatic carbocycles. The molecule has 110 valence electrons. The molecule has 5 heteroatoms. The predicted octanol–water partition coefficient (Wildman–Crippen LogP) is 4.63. The smallest absolute Gasteiger partial charge is 0.129 e. The van der Waals surface area contributed by atoms with Crippen molar-refractivity contribution in [1.29, 1.82) is 0 Å². The molecule has 0 fully saturated rings. The average molecular weight is 369 g/mol. The van der Waals surface area contributed by atoms with Gasteiger partial charge in [-0.15, -0.1) is 0 Å². The zero-order valence-electron chi connectivity index (χ0n) is 11.5. The van der Waals surface area contributed by atoms with Crippen LogP contribution in [0.5, 0.6) is 11.5 Å². The Bertz CT molecular complexity index is 677. The fourth-order valence-corrected chi connectivity index (χ4v) is 3.18. The third kappa shape index (κ3) is 2.89. The number of halogens is 2. The summed E-state index contributed by atoms with van der Waals surface area (Å²) in [6, 6.07) is 11.3. The van der Waals surface area contributed by atoms with Gasteiger partial charge in [0.25, 0.3) is 0 Å². The summed E-state index contributed by atoms with van der Waals surface area (Å²) < 4.78 is 12.5. The third-order valence-corrected chi connectivity index (χ3v) is 4.38. The van der Waals surface area contributed by atoms with E-state index in [1.165, 1.54) is 0 Å². The van der Waals surface area contributed by atoms with Crippen molar-refractivity contribution in [2.45, 2.75) is 18.6 Å². The molecule has 0 amide bonds. The van der Waals surface area contributed by atoms with Gasteiger partial charge in [-0.3, -0.25) is 0 Å². The molecule has 2 aromatic rings. The Hall–Kier alpha value is -1.23. The first-order valence-electron chi connectivity index (χ1n) is 6.63. The molecule has 2 N–H and O–H groups in total. The highest BCUT2D eigenvalue weighted by atomic mass is 79.9. The first-order chi connectivity index (χ1) is 10.1. The quantitative estimate of drug-likeness (QED) is 0.840. The average Bonchev–Trinajstić information content (AvgIpc) is 2.47. The van der Waals surface area contributed by atoms with Gasteiger partial charge in [-0.05, 0) is 36.4 Å². The molecule has 2 atom stereocenters. The van der Waals surface area contributed by atoms with Crippen LogP contribution in [0.15, 0.2) is 40.9 Å². The Morgan fingerprint density at radius 1 is 1.24 bits per heavy atom. The largest absolute Gasteiger partial charge is 0.496 e. The summed E-state index contributed by atoms with van der Waals surface area (Å²) in [6.07, 6.45) is 0.543. The number of methoxy groups -OCH3 is 1. The number of nitrogens with two attached hydrogens (primary N) is 1. The lowest BCUT2D eigenvalue weighted by Gasteiger charge is -2.31. The maximum Gasteiger partial charge on any atom is 0.129 e. The second kappa shape index (κ2) is 5.87. The lowest BCUT2D eigenvalue weighted by atomic mass is 9.93. The van der Waals surface area contributed by atoms with Crippen molar-refractivity contribution in [3.63, 3.8) is 0 Å². The van der Waals surface area contributed by atoms with Crippen LogP contribution in [0.4, 0.5) is 0 Å². The summed E-state index contributed by atoms with van der Waals surface area (Å²) in [7, 11) is 1.66. The summed E-state index contributed by atoms with van der Waals surface area (Å²) in [4.78, 5) is 0. The van der Waals surface area contributed by atoms with Gasteiger partial charge in [-0.25, -0.2) is 0 Å². The van der Waals surface area contributed by atoms with Crippen LogP contribution < -0.4 is 15.2 Å². The van der Waals surface area contributed by atoms with Crippen LogP contribution in [0.3, 0.4) is 0 Å². The highest BCUT2D eigenvalue weighted by molar-refractivity contribution is 9.10. The van der Waals surface area contributed by atoms with Crippen molar-refractivity contribution >= 4 is 27.5 Å². The first kappa shape index (κ1) is 14.7. The van der Waals surface area contributed by atoms with Crippen molar-refractivity contribution in [3.8, 4) is 11.5 Å². The molecule has 3 rings (SSSR count).